The molecule has 0 aliphatic carbocycles. The van der Waals surface area contributed by atoms with Crippen LogP contribution < -0.4 is 0 Å². The van der Waals surface area contributed by atoms with Gasteiger partial charge in [-0.3, -0.25) is 9.59 Å². The Bertz CT molecular complexity index is 640. The first-order valence-corrected chi connectivity index (χ1v) is 7.32. The molecular formula is C18H20O4. The molecule has 0 saturated carbocycles. The predicted octanol–water partition coefficient (Wildman–Crippen LogP) is 2.78. The fourth-order valence-corrected chi connectivity index (χ4v) is 2.50. The number of ketones is 1. The molecule has 2 rings (SSSR count). The highest BCUT2D eigenvalue weighted by Gasteiger charge is 2.28. The zero-order chi connectivity index (χ0) is 15.9. The Morgan fingerprint density at radius 3 is 2.55 bits per heavy atom. The molecule has 4 nitrogen and oxygen atoms in total. The number of hydrogen-bond acceptors (Lipinski definition) is 4. The highest BCUT2D eigenvalue weighted by Crippen LogP contribution is 2.22. The fourth-order valence-electron chi connectivity index (χ4n) is 2.50. The summed E-state index contributed by atoms with van der Waals surface area (Å²) in [6, 6.07) is 13.8. The molecule has 0 aromatic heterocycles. The largest absolute Gasteiger partial charge is 0.465 e. The van der Waals surface area contributed by atoms with Crippen molar-refractivity contribution >= 4 is 22.5 Å². The van der Waals surface area contributed by atoms with Crippen molar-refractivity contribution in [3.8, 4) is 0 Å². The molecule has 0 radical (unpaired) electrons. The lowest BCUT2D eigenvalue weighted by Crippen LogP contribution is -2.30. The lowest BCUT2D eigenvalue weighted by atomic mass is 9.92. The van der Waals surface area contributed by atoms with Crippen LogP contribution in [0.3, 0.4) is 0 Å². The van der Waals surface area contributed by atoms with Crippen LogP contribution in [0.2, 0.25) is 0 Å². The average molecular weight is 300 g/mol. The Balaban J connectivity index is 2.32. The second kappa shape index (κ2) is 7.71. The van der Waals surface area contributed by atoms with Gasteiger partial charge in [-0.1, -0.05) is 42.5 Å². The highest BCUT2D eigenvalue weighted by molar-refractivity contribution is 6.00. The van der Waals surface area contributed by atoms with Crippen molar-refractivity contribution in [1.82, 2.24) is 0 Å². The molecule has 22 heavy (non-hydrogen) atoms. The number of methoxy groups -OCH3 is 1. The van der Waals surface area contributed by atoms with Gasteiger partial charge >= 0.3 is 5.97 Å². The van der Waals surface area contributed by atoms with Crippen molar-refractivity contribution in [2.75, 3.05) is 20.3 Å². The number of hydrogen-bond donors (Lipinski definition) is 0. The maximum atomic E-state index is 12.2. The van der Waals surface area contributed by atoms with Crippen LogP contribution in [0.1, 0.15) is 12.5 Å². The maximum Gasteiger partial charge on any atom is 0.316 e. The summed E-state index contributed by atoms with van der Waals surface area (Å²) in [6.07, 6.45) is 0.322. The molecule has 1 atom stereocenters. The quantitative estimate of drug-likeness (QED) is 0.583. The minimum Gasteiger partial charge on any atom is -0.465 e. The molecule has 0 spiro atoms. The summed E-state index contributed by atoms with van der Waals surface area (Å²) in [7, 11) is 1.44. The predicted molar refractivity (Wildman–Crippen MR) is 84.7 cm³/mol. The Kier molecular flexibility index (Phi) is 5.67. The van der Waals surface area contributed by atoms with Crippen LogP contribution in [-0.4, -0.2) is 32.1 Å². The number of Topliss-reactive ketones (excluding diaryl/α,β-unsaturated/α-hetero) is 1. The molecule has 0 fully saturated rings. The zero-order valence-corrected chi connectivity index (χ0v) is 12.9. The van der Waals surface area contributed by atoms with Crippen LogP contribution in [-0.2, 0) is 25.5 Å². The monoisotopic (exact) mass is 300 g/mol. The minimum absolute atomic E-state index is 0.0890. The van der Waals surface area contributed by atoms with E-state index in [-0.39, 0.29) is 19.0 Å². The van der Waals surface area contributed by atoms with Gasteiger partial charge in [0.1, 0.15) is 12.5 Å². The first-order valence-electron chi connectivity index (χ1n) is 7.32. The van der Waals surface area contributed by atoms with Gasteiger partial charge in [-0.15, -0.1) is 0 Å². The molecule has 1 unspecified atom stereocenters. The number of rotatable bonds is 7. The van der Waals surface area contributed by atoms with Gasteiger partial charge in [0.25, 0.3) is 0 Å². The number of carbonyl (C=O) groups is 2. The molecule has 0 bridgehead atoms. The normalized spacial score (nSPS) is 12.1. The topological polar surface area (TPSA) is 52.6 Å². The smallest absolute Gasteiger partial charge is 0.316 e. The van der Waals surface area contributed by atoms with Crippen LogP contribution >= 0.6 is 0 Å². The van der Waals surface area contributed by atoms with E-state index in [0.29, 0.717) is 6.42 Å². The minimum atomic E-state index is -0.828. The van der Waals surface area contributed by atoms with Gasteiger partial charge in [0.15, 0.2) is 5.78 Å². The SMILES string of the molecule is CCOC(=O)C(Cc1cccc2ccccc12)C(=O)COC. The van der Waals surface area contributed by atoms with Crippen molar-refractivity contribution in [3.63, 3.8) is 0 Å². The van der Waals surface area contributed by atoms with E-state index in [9.17, 15) is 9.59 Å². The van der Waals surface area contributed by atoms with Crippen molar-refractivity contribution in [1.29, 1.82) is 0 Å². The summed E-state index contributed by atoms with van der Waals surface area (Å²) >= 11 is 0. The van der Waals surface area contributed by atoms with Crippen molar-refractivity contribution in [3.05, 3.63) is 48.0 Å². The Morgan fingerprint density at radius 2 is 1.82 bits per heavy atom. The molecule has 2 aromatic carbocycles. The molecule has 0 aliphatic heterocycles. The van der Waals surface area contributed by atoms with Crippen molar-refractivity contribution in [2.45, 2.75) is 13.3 Å². The zero-order valence-electron chi connectivity index (χ0n) is 12.9. The van der Waals surface area contributed by atoms with E-state index in [1.807, 2.05) is 42.5 Å². The molecular weight excluding hydrogens is 280 g/mol. The van der Waals surface area contributed by atoms with E-state index < -0.39 is 11.9 Å². The highest BCUT2D eigenvalue weighted by atomic mass is 16.5. The second-order valence-electron chi connectivity index (χ2n) is 5.05. The molecule has 0 aliphatic rings. The van der Waals surface area contributed by atoms with Gasteiger partial charge in [-0.2, -0.15) is 0 Å². The summed E-state index contributed by atoms with van der Waals surface area (Å²) in [6.45, 7) is 1.90. The van der Waals surface area contributed by atoms with E-state index in [1.54, 1.807) is 6.92 Å². The number of ether oxygens (including phenoxy) is 2. The van der Waals surface area contributed by atoms with E-state index in [0.717, 1.165) is 16.3 Å². The van der Waals surface area contributed by atoms with Crippen LogP contribution in [0.15, 0.2) is 42.5 Å². The third kappa shape index (κ3) is 3.71. The first kappa shape index (κ1) is 16.2. The third-order valence-electron chi connectivity index (χ3n) is 3.55. The average Bonchev–Trinajstić information content (AvgIpc) is 2.53. The van der Waals surface area contributed by atoms with Crippen LogP contribution in [0.4, 0.5) is 0 Å². The van der Waals surface area contributed by atoms with Crippen LogP contribution in [0.5, 0.6) is 0 Å². The third-order valence-corrected chi connectivity index (χ3v) is 3.55. The summed E-state index contributed by atoms with van der Waals surface area (Å²) in [5.41, 5.74) is 0.959. The van der Waals surface area contributed by atoms with Gasteiger partial charge < -0.3 is 9.47 Å². The van der Waals surface area contributed by atoms with Crippen LogP contribution in [0, 0.1) is 5.92 Å². The van der Waals surface area contributed by atoms with E-state index >= 15 is 0 Å². The fraction of sp³-hybridized carbons (Fsp3) is 0.333. The lowest BCUT2D eigenvalue weighted by Gasteiger charge is -2.15. The molecule has 4 heteroatoms. The first-order chi connectivity index (χ1) is 10.7. The van der Waals surface area contributed by atoms with Gasteiger partial charge in [-0.05, 0) is 29.7 Å². The lowest BCUT2D eigenvalue weighted by molar-refractivity contribution is -0.152. The number of carbonyl (C=O) groups excluding carboxylic acids is 2. The number of esters is 1. The molecule has 116 valence electrons. The van der Waals surface area contributed by atoms with Gasteiger partial charge in [0.05, 0.1) is 6.61 Å². The molecule has 2 aromatic rings. The molecule has 0 heterocycles. The maximum absolute atomic E-state index is 12.2. The van der Waals surface area contributed by atoms with E-state index in [4.69, 9.17) is 9.47 Å². The molecule has 0 N–H and O–H groups in total. The summed E-state index contributed by atoms with van der Waals surface area (Å²) < 4.78 is 9.92. The van der Waals surface area contributed by atoms with Gasteiger partial charge in [0, 0.05) is 7.11 Å². The van der Waals surface area contributed by atoms with Gasteiger partial charge in [0.2, 0.25) is 0 Å². The van der Waals surface area contributed by atoms with Crippen LogP contribution in [0.25, 0.3) is 10.8 Å². The Morgan fingerprint density at radius 1 is 1.09 bits per heavy atom. The Hall–Kier alpha value is -2.20. The Labute approximate surface area is 130 Å². The van der Waals surface area contributed by atoms with E-state index in [1.165, 1.54) is 7.11 Å². The van der Waals surface area contributed by atoms with E-state index in [2.05, 4.69) is 0 Å². The molecule has 0 amide bonds. The van der Waals surface area contributed by atoms with Crippen molar-refractivity contribution in [2.24, 2.45) is 5.92 Å². The summed E-state index contributed by atoms with van der Waals surface area (Å²) in [5, 5.41) is 2.13. The van der Waals surface area contributed by atoms with Gasteiger partial charge in [-0.25, -0.2) is 0 Å². The summed E-state index contributed by atoms with van der Waals surface area (Å²) in [5.74, 6) is -1.57. The summed E-state index contributed by atoms with van der Waals surface area (Å²) in [4.78, 5) is 24.3. The standard InChI is InChI=1S/C18H20O4/c1-3-22-18(20)16(17(19)12-21-2)11-14-9-6-8-13-7-4-5-10-15(13)14/h4-10,16H,3,11-12H2,1-2H3. The number of fused-ring (bicyclic) bond motifs is 1. The number of benzene rings is 2. The second-order valence-corrected chi connectivity index (χ2v) is 5.05. The molecule has 0 saturated heterocycles. The van der Waals surface area contributed by atoms with Crippen molar-refractivity contribution < 1.29 is 19.1 Å².